The first-order valence-electron chi connectivity index (χ1n) is 6.88. The van der Waals surface area contributed by atoms with Crippen LogP contribution in [-0.2, 0) is 4.79 Å². The van der Waals surface area contributed by atoms with E-state index in [4.69, 9.17) is 4.42 Å². The van der Waals surface area contributed by atoms with Crippen LogP contribution in [0.4, 0.5) is 14.5 Å². The van der Waals surface area contributed by atoms with Crippen LogP contribution < -0.4 is 5.32 Å². The Kier molecular flexibility index (Phi) is 4.85. The summed E-state index contributed by atoms with van der Waals surface area (Å²) in [5.41, 5.74) is 0.555. The van der Waals surface area contributed by atoms with Crippen molar-refractivity contribution in [3.05, 3.63) is 60.2 Å². The van der Waals surface area contributed by atoms with Crippen LogP contribution in [0.2, 0.25) is 0 Å². The number of anilines is 1. The lowest BCUT2D eigenvalue weighted by Gasteiger charge is -2.05. The second kappa shape index (κ2) is 7.22. The number of benzene rings is 2. The molecule has 0 spiro atoms. The molecule has 0 bridgehead atoms. The van der Waals surface area contributed by atoms with Gasteiger partial charge in [0.05, 0.1) is 11.4 Å². The lowest BCUT2D eigenvalue weighted by atomic mass is 10.2. The summed E-state index contributed by atoms with van der Waals surface area (Å²) in [5, 5.41) is 10.2. The molecule has 1 aromatic heterocycles. The van der Waals surface area contributed by atoms with Crippen LogP contribution in [0.25, 0.3) is 11.5 Å². The Morgan fingerprint density at radius 3 is 2.71 bits per heavy atom. The van der Waals surface area contributed by atoms with Gasteiger partial charge in [-0.25, -0.2) is 8.78 Å². The van der Waals surface area contributed by atoms with Crippen molar-refractivity contribution in [2.75, 3.05) is 11.1 Å². The van der Waals surface area contributed by atoms with Crippen molar-refractivity contribution in [1.82, 2.24) is 10.2 Å². The van der Waals surface area contributed by atoms with E-state index in [1.165, 1.54) is 0 Å². The van der Waals surface area contributed by atoms with E-state index in [0.29, 0.717) is 5.89 Å². The number of carbonyl (C=O) groups is 1. The summed E-state index contributed by atoms with van der Waals surface area (Å²) in [7, 11) is 0. The Hall–Kier alpha value is -2.74. The molecule has 2 aromatic carbocycles. The third-order valence-corrected chi connectivity index (χ3v) is 3.77. The first kappa shape index (κ1) is 16.1. The smallest absolute Gasteiger partial charge is 0.277 e. The lowest BCUT2D eigenvalue weighted by molar-refractivity contribution is -0.113. The predicted octanol–water partition coefficient (Wildman–Crippen LogP) is 3.75. The van der Waals surface area contributed by atoms with Gasteiger partial charge >= 0.3 is 0 Å². The second-order valence-corrected chi connectivity index (χ2v) is 5.63. The minimum absolute atomic E-state index is 0.0770. The van der Waals surface area contributed by atoms with E-state index in [1.807, 2.05) is 30.3 Å². The standard InChI is InChI=1S/C16H11F2N3O2S/c17-11-6-7-12(18)13(8-11)19-14(22)9-24-16-21-20-15(23-16)10-4-2-1-3-5-10/h1-8H,9H2,(H,19,22). The maximum atomic E-state index is 13.5. The number of aromatic nitrogens is 2. The normalized spacial score (nSPS) is 10.6. The Balaban J connectivity index is 1.59. The third-order valence-electron chi connectivity index (χ3n) is 2.96. The van der Waals surface area contributed by atoms with Crippen LogP contribution in [0, 0.1) is 11.6 Å². The first-order valence-corrected chi connectivity index (χ1v) is 7.87. The van der Waals surface area contributed by atoms with Gasteiger partial charge in [0.15, 0.2) is 0 Å². The molecular weight excluding hydrogens is 336 g/mol. The molecule has 0 atom stereocenters. The fraction of sp³-hybridized carbons (Fsp3) is 0.0625. The summed E-state index contributed by atoms with van der Waals surface area (Å²) in [6, 6.07) is 12.0. The quantitative estimate of drug-likeness (QED) is 0.712. The van der Waals surface area contributed by atoms with Crippen molar-refractivity contribution in [3.63, 3.8) is 0 Å². The zero-order valence-corrected chi connectivity index (χ0v) is 13.0. The van der Waals surface area contributed by atoms with Gasteiger partial charge in [-0.1, -0.05) is 30.0 Å². The monoisotopic (exact) mass is 347 g/mol. The first-order chi connectivity index (χ1) is 11.6. The van der Waals surface area contributed by atoms with Crippen molar-refractivity contribution in [1.29, 1.82) is 0 Å². The highest BCUT2D eigenvalue weighted by Crippen LogP contribution is 2.23. The number of nitrogens with zero attached hydrogens (tertiary/aromatic N) is 2. The summed E-state index contributed by atoms with van der Waals surface area (Å²) in [6.45, 7) is 0. The van der Waals surface area contributed by atoms with Gasteiger partial charge in [-0.3, -0.25) is 4.79 Å². The maximum absolute atomic E-state index is 13.5. The van der Waals surface area contributed by atoms with E-state index in [1.54, 1.807) is 0 Å². The molecule has 1 amide bonds. The summed E-state index contributed by atoms with van der Waals surface area (Å²) >= 11 is 1.00. The SMILES string of the molecule is O=C(CSc1nnc(-c2ccccc2)o1)Nc1cc(F)ccc1F. The van der Waals surface area contributed by atoms with Gasteiger partial charge in [-0.15, -0.1) is 10.2 Å². The van der Waals surface area contributed by atoms with Gasteiger partial charge in [0.1, 0.15) is 11.6 Å². The van der Waals surface area contributed by atoms with Gasteiger partial charge in [-0.2, -0.15) is 0 Å². The number of hydrogen-bond acceptors (Lipinski definition) is 5. The highest BCUT2D eigenvalue weighted by atomic mass is 32.2. The lowest BCUT2D eigenvalue weighted by Crippen LogP contribution is -2.15. The molecule has 0 fully saturated rings. The van der Waals surface area contributed by atoms with E-state index >= 15 is 0 Å². The minimum atomic E-state index is -0.709. The Bertz CT molecular complexity index is 856. The molecule has 0 radical (unpaired) electrons. The summed E-state index contributed by atoms with van der Waals surface area (Å²) in [4.78, 5) is 11.8. The van der Waals surface area contributed by atoms with E-state index in [0.717, 1.165) is 35.5 Å². The number of hydrogen-bond donors (Lipinski definition) is 1. The number of nitrogens with one attached hydrogen (secondary N) is 1. The van der Waals surface area contributed by atoms with Crippen LogP contribution in [-0.4, -0.2) is 21.9 Å². The van der Waals surface area contributed by atoms with Gasteiger partial charge < -0.3 is 9.73 Å². The summed E-state index contributed by atoms with van der Waals surface area (Å²) in [5.74, 6) is -1.59. The molecule has 5 nitrogen and oxygen atoms in total. The maximum Gasteiger partial charge on any atom is 0.277 e. The summed E-state index contributed by atoms with van der Waals surface area (Å²) < 4.78 is 32.0. The Morgan fingerprint density at radius 2 is 1.92 bits per heavy atom. The van der Waals surface area contributed by atoms with Crippen LogP contribution in [0.1, 0.15) is 0 Å². The summed E-state index contributed by atoms with van der Waals surface area (Å²) in [6.07, 6.45) is 0. The number of halogens is 2. The minimum Gasteiger partial charge on any atom is -0.411 e. The van der Waals surface area contributed by atoms with Crippen LogP contribution in [0.5, 0.6) is 0 Å². The molecule has 0 aliphatic heterocycles. The van der Waals surface area contributed by atoms with E-state index in [-0.39, 0.29) is 16.7 Å². The third kappa shape index (κ3) is 3.96. The molecule has 24 heavy (non-hydrogen) atoms. The fourth-order valence-electron chi connectivity index (χ4n) is 1.87. The molecular formula is C16H11F2N3O2S. The Labute approximate surface area is 140 Å². The molecule has 122 valence electrons. The molecule has 1 N–H and O–H groups in total. The molecule has 0 saturated carbocycles. The number of carbonyl (C=O) groups excluding carboxylic acids is 1. The molecule has 0 saturated heterocycles. The predicted molar refractivity (Wildman–Crippen MR) is 85.4 cm³/mol. The van der Waals surface area contributed by atoms with E-state index in [2.05, 4.69) is 15.5 Å². The van der Waals surface area contributed by atoms with E-state index in [9.17, 15) is 13.6 Å². The van der Waals surface area contributed by atoms with Gasteiger partial charge in [0.2, 0.25) is 11.8 Å². The second-order valence-electron chi connectivity index (χ2n) is 4.70. The van der Waals surface area contributed by atoms with E-state index < -0.39 is 17.5 Å². The number of amides is 1. The highest BCUT2D eigenvalue weighted by molar-refractivity contribution is 7.99. The zero-order valence-electron chi connectivity index (χ0n) is 12.2. The molecule has 0 aliphatic carbocycles. The molecule has 3 aromatic rings. The fourth-order valence-corrected chi connectivity index (χ4v) is 2.44. The van der Waals surface area contributed by atoms with Crippen molar-refractivity contribution in [2.45, 2.75) is 5.22 Å². The van der Waals surface area contributed by atoms with Crippen molar-refractivity contribution < 1.29 is 18.0 Å². The largest absolute Gasteiger partial charge is 0.411 e. The molecule has 0 unspecified atom stereocenters. The van der Waals surface area contributed by atoms with Crippen LogP contribution in [0.15, 0.2) is 58.2 Å². The van der Waals surface area contributed by atoms with Crippen LogP contribution in [0.3, 0.4) is 0 Å². The van der Waals surface area contributed by atoms with Crippen molar-refractivity contribution in [3.8, 4) is 11.5 Å². The topological polar surface area (TPSA) is 68.0 Å². The number of rotatable bonds is 5. The number of thioether (sulfide) groups is 1. The average Bonchev–Trinajstić information content (AvgIpc) is 3.06. The molecule has 3 rings (SSSR count). The van der Waals surface area contributed by atoms with Gasteiger partial charge in [0.25, 0.3) is 5.22 Å². The van der Waals surface area contributed by atoms with Crippen molar-refractivity contribution in [2.24, 2.45) is 0 Å². The van der Waals surface area contributed by atoms with Crippen molar-refractivity contribution >= 4 is 23.4 Å². The Morgan fingerprint density at radius 1 is 1.12 bits per heavy atom. The molecule has 1 heterocycles. The zero-order chi connectivity index (χ0) is 16.9. The van der Waals surface area contributed by atoms with Gasteiger partial charge in [-0.05, 0) is 24.3 Å². The molecule has 8 heteroatoms. The van der Waals surface area contributed by atoms with Gasteiger partial charge in [0, 0.05) is 11.6 Å². The van der Waals surface area contributed by atoms with Crippen LogP contribution >= 0.6 is 11.8 Å². The average molecular weight is 347 g/mol. The molecule has 0 aliphatic rings. The highest BCUT2D eigenvalue weighted by Gasteiger charge is 2.12.